The maximum absolute atomic E-state index is 12.5. The van der Waals surface area contributed by atoms with Crippen LogP contribution in [0.4, 0.5) is 11.4 Å². The van der Waals surface area contributed by atoms with Gasteiger partial charge < -0.3 is 15.0 Å². The van der Waals surface area contributed by atoms with Crippen LogP contribution in [0.2, 0.25) is 0 Å². The molecule has 1 unspecified atom stereocenters. The minimum atomic E-state index is -0.192. The molecule has 2 amide bonds. The van der Waals surface area contributed by atoms with Crippen molar-refractivity contribution in [1.82, 2.24) is 0 Å². The summed E-state index contributed by atoms with van der Waals surface area (Å²) in [5, 5.41) is 2.97. The van der Waals surface area contributed by atoms with Gasteiger partial charge in [-0.3, -0.25) is 9.59 Å². The molecule has 0 saturated heterocycles. The van der Waals surface area contributed by atoms with Crippen molar-refractivity contribution in [1.29, 1.82) is 0 Å². The Morgan fingerprint density at radius 3 is 2.85 bits per heavy atom. The SMILES string of the molecule is CC(=O)N1CCc2cc(NC(=O)CC3OCCc4ccccc43)ccc21. The van der Waals surface area contributed by atoms with E-state index in [2.05, 4.69) is 11.4 Å². The molecule has 5 heteroatoms. The highest BCUT2D eigenvalue weighted by molar-refractivity contribution is 5.95. The minimum Gasteiger partial charge on any atom is -0.373 e. The molecule has 0 spiro atoms. The average Bonchev–Trinajstić information content (AvgIpc) is 3.05. The Kier molecular flexibility index (Phi) is 4.47. The van der Waals surface area contributed by atoms with E-state index >= 15 is 0 Å². The first kappa shape index (κ1) is 16.8. The fourth-order valence-electron chi connectivity index (χ4n) is 3.83. The minimum absolute atomic E-state index is 0.0497. The van der Waals surface area contributed by atoms with E-state index in [1.165, 1.54) is 5.56 Å². The standard InChI is InChI=1S/C21H22N2O3/c1-14(24)23-10-8-16-12-17(6-7-19(16)23)22-21(25)13-20-18-5-3-2-4-15(18)9-11-26-20/h2-7,12,20H,8-11,13H2,1H3,(H,22,25). The van der Waals surface area contributed by atoms with Gasteiger partial charge in [0.25, 0.3) is 0 Å². The molecule has 26 heavy (non-hydrogen) atoms. The van der Waals surface area contributed by atoms with Crippen molar-refractivity contribution in [2.45, 2.75) is 32.3 Å². The van der Waals surface area contributed by atoms with Crippen LogP contribution >= 0.6 is 0 Å². The number of rotatable bonds is 3. The van der Waals surface area contributed by atoms with Crippen molar-refractivity contribution in [2.24, 2.45) is 0 Å². The van der Waals surface area contributed by atoms with E-state index in [1.807, 2.05) is 36.4 Å². The van der Waals surface area contributed by atoms with E-state index in [0.717, 1.165) is 35.3 Å². The number of nitrogens with zero attached hydrogens (tertiary/aromatic N) is 1. The van der Waals surface area contributed by atoms with Crippen LogP contribution in [-0.4, -0.2) is 25.0 Å². The highest BCUT2D eigenvalue weighted by Crippen LogP contribution is 2.32. The lowest BCUT2D eigenvalue weighted by atomic mass is 9.95. The molecule has 1 N–H and O–H groups in total. The van der Waals surface area contributed by atoms with Gasteiger partial charge in [0.15, 0.2) is 0 Å². The molecule has 2 aromatic rings. The smallest absolute Gasteiger partial charge is 0.227 e. The van der Waals surface area contributed by atoms with E-state index in [0.29, 0.717) is 19.6 Å². The van der Waals surface area contributed by atoms with E-state index in [-0.39, 0.29) is 17.9 Å². The lowest BCUT2D eigenvalue weighted by molar-refractivity contribution is -0.119. The van der Waals surface area contributed by atoms with Crippen molar-refractivity contribution in [3.05, 3.63) is 59.2 Å². The topological polar surface area (TPSA) is 58.6 Å². The number of hydrogen-bond donors (Lipinski definition) is 1. The molecule has 2 aliphatic rings. The second-order valence-corrected chi connectivity index (χ2v) is 6.82. The summed E-state index contributed by atoms with van der Waals surface area (Å²) in [5.41, 5.74) is 5.18. The Morgan fingerprint density at radius 2 is 2.00 bits per heavy atom. The summed E-state index contributed by atoms with van der Waals surface area (Å²) in [6.45, 7) is 2.93. The number of hydrogen-bond acceptors (Lipinski definition) is 3. The molecule has 0 aliphatic carbocycles. The van der Waals surface area contributed by atoms with E-state index in [1.54, 1.807) is 11.8 Å². The zero-order valence-corrected chi connectivity index (χ0v) is 14.8. The van der Waals surface area contributed by atoms with Gasteiger partial charge in [-0.05, 0) is 47.7 Å². The van der Waals surface area contributed by atoms with Gasteiger partial charge in [0.2, 0.25) is 11.8 Å². The summed E-state index contributed by atoms with van der Waals surface area (Å²) in [6, 6.07) is 13.9. The molecule has 0 fully saturated rings. The van der Waals surface area contributed by atoms with Gasteiger partial charge in [0.05, 0.1) is 19.1 Å². The van der Waals surface area contributed by atoms with E-state index in [4.69, 9.17) is 4.74 Å². The van der Waals surface area contributed by atoms with Crippen molar-refractivity contribution >= 4 is 23.2 Å². The summed E-state index contributed by atoms with van der Waals surface area (Å²) in [6.07, 6.45) is 1.82. The maximum atomic E-state index is 12.5. The first-order chi connectivity index (χ1) is 12.6. The molecular weight excluding hydrogens is 328 g/mol. The van der Waals surface area contributed by atoms with Gasteiger partial charge in [-0.1, -0.05) is 24.3 Å². The van der Waals surface area contributed by atoms with E-state index in [9.17, 15) is 9.59 Å². The Labute approximate surface area is 153 Å². The van der Waals surface area contributed by atoms with Crippen LogP contribution < -0.4 is 10.2 Å². The first-order valence-electron chi connectivity index (χ1n) is 9.02. The Bertz CT molecular complexity index is 862. The summed E-state index contributed by atoms with van der Waals surface area (Å²) >= 11 is 0. The number of nitrogens with one attached hydrogen (secondary N) is 1. The van der Waals surface area contributed by atoms with Gasteiger partial charge in [-0.25, -0.2) is 0 Å². The summed E-state index contributed by atoms with van der Waals surface area (Å²) < 4.78 is 5.82. The van der Waals surface area contributed by atoms with Crippen molar-refractivity contribution < 1.29 is 14.3 Å². The monoisotopic (exact) mass is 350 g/mol. The lowest BCUT2D eigenvalue weighted by Gasteiger charge is -2.25. The van der Waals surface area contributed by atoms with Crippen LogP contribution in [-0.2, 0) is 27.2 Å². The molecule has 0 bridgehead atoms. The molecule has 2 heterocycles. The van der Waals surface area contributed by atoms with Crippen molar-refractivity contribution in [3.63, 3.8) is 0 Å². The lowest BCUT2D eigenvalue weighted by Crippen LogP contribution is -2.25. The van der Waals surface area contributed by atoms with Crippen LogP contribution in [0.5, 0.6) is 0 Å². The normalized spacial score (nSPS) is 18.2. The summed E-state index contributed by atoms with van der Waals surface area (Å²) in [4.78, 5) is 25.9. The predicted octanol–water partition coefficient (Wildman–Crippen LogP) is 3.24. The Hall–Kier alpha value is -2.66. The molecule has 1 atom stereocenters. The highest BCUT2D eigenvalue weighted by atomic mass is 16.5. The quantitative estimate of drug-likeness (QED) is 0.924. The summed E-state index contributed by atoms with van der Waals surface area (Å²) in [5.74, 6) is -0.0123. The van der Waals surface area contributed by atoms with Crippen molar-refractivity contribution in [3.8, 4) is 0 Å². The number of carbonyl (C=O) groups is 2. The predicted molar refractivity (Wildman–Crippen MR) is 100 cm³/mol. The largest absolute Gasteiger partial charge is 0.373 e. The van der Waals surface area contributed by atoms with Crippen LogP contribution in [0.15, 0.2) is 42.5 Å². The summed E-state index contributed by atoms with van der Waals surface area (Å²) in [7, 11) is 0. The van der Waals surface area contributed by atoms with Crippen LogP contribution in [0, 0.1) is 0 Å². The van der Waals surface area contributed by atoms with Gasteiger partial charge in [-0.2, -0.15) is 0 Å². The second-order valence-electron chi connectivity index (χ2n) is 6.82. The van der Waals surface area contributed by atoms with Crippen LogP contribution in [0.1, 0.15) is 36.1 Å². The number of fused-ring (bicyclic) bond motifs is 2. The maximum Gasteiger partial charge on any atom is 0.227 e. The molecule has 5 nitrogen and oxygen atoms in total. The van der Waals surface area contributed by atoms with E-state index < -0.39 is 0 Å². The number of amides is 2. The van der Waals surface area contributed by atoms with Crippen LogP contribution in [0.25, 0.3) is 0 Å². The highest BCUT2D eigenvalue weighted by Gasteiger charge is 2.24. The molecule has 0 radical (unpaired) electrons. The van der Waals surface area contributed by atoms with Gasteiger partial charge >= 0.3 is 0 Å². The van der Waals surface area contributed by atoms with Crippen LogP contribution in [0.3, 0.4) is 0 Å². The average molecular weight is 350 g/mol. The number of ether oxygens (including phenoxy) is 1. The zero-order valence-electron chi connectivity index (χ0n) is 14.8. The molecule has 134 valence electrons. The molecule has 0 aromatic heterocycles. The molecule has 0 saturated carbocycles. The van der Waals surface area contributed by atoms with Crippen molar-refractivity contribution in [2.75, 3.05) is 23.4 Å². The Balaban J connectivity index is 1.44. The van der Waals surface area contributed by atoms with Gasteiger partial charge in [0.1, 0.15) is 0 Å². The van der Waals surface area contributed by atoms with Gasteiger partial charge in [0, 0.05) is 24.8 Å². The fourth-order valence-corrected chi connectivity index (χ4v) is 3.83. The third-order valence-corrected chi connectivity index (χ3v) is 5.10. The van der Waals surface area contributed by atoms with Gasteiger partial charge in [-0.15, -0.1) is 0 Å². The molecule has 4 rings (SSSR count). The third kappa shape index (κ3) is 3.22. The Morgan fingerprint density at radius 1 is 1.15 bits per heavy atom. The fraction of sp³-hybridized carbons (Fsp3) is 0.333. The third-order valence-electron chi connectivity index (χ3n) is 5.10. The number of anilines is 2. The number of carbonyl (C=O) groups excluding carboxylic acids is 2. The zero-order chi connectivity index (χ0) is 18.1. The number of benzene rings is 2. The molecule has 2 aliphatic heterocycles. The molecular formula is C21H22N2O3. The first-order valence-corrected chi connectivity index (χ1v) is 9.02. The molecule has 2 aromatic carbocycles. The second kappa shape index (κ2) is 6.92.